The maximum Gasteiger partial charge on any atom is 0.191 e. The summed E-state index contributed by atoms with van der Waals surface area (Å²) in [5.41, 5.74) is 1.07. The van der Waals surface area contributed by atoms with Gasteiger partial charge in [0.2, 0.25) is 0 Å². The molecule has 148 valence electrons. The van der Waals surface area contributed by atoms with Crippen LogP contribution in [0.25, 0.3) is 0 Å². The molecular formula is C20H29N3O4. The monoisotopic (exact) mass is 375 g/mol. The maximum atomic E-state index is 10.2. The SMILES string of the molecule is CCOCCCNC(=NCc1ccc(OC)cc1)NCC(O)c1ccco1. The molecule has 1 aromatic heterocycles. The van der Waals surface area contributed by atoms with Gasteiger partial charge in [0.1, 0.15) is 17.6 Å². The highest BCUT2D eigenvalue weighted by Crippen LogP contribution is 2.13. The van der Waals surface area contributed by atoms with Crippen molar-refractivity contribution in [3.8, 4) is 5.75 Å². The van der Waals surface area contributed by atoms with Crippen molar-refractivity contribution in [2.24, 2.45) is 4.99 Å². The number of aliphatic imine (C=N–C) groups is 1. The Morgan fingerprint density at radius 3 is 2.70 bits per heavy atom. The van der Waals surface area contributed by atoms with E-state index in [0.29, 0.717) is 38.0 Å². The van der Waals surface area contributed by atoms with Crippen molar-refractivity contribution in [3.05, 3.63) is 54.0 Å². The lowest BCUT2D eigenvalue weighted by molar-refractivity contribution is 0.145. The second-order valence-corrected chi connectivity index (χ2v) is 5.90. The van der Waals surface area contributed by atoms with Crippen LogP contribution in [0.5, 0.6) is 5.75 Å². The zero-order valence-corrected chi connectivity index (χ0v) is 16.0. The number of benzene rings is 1. The summed E-state index contributed by atoms with van der Waals surface area (Å²) >= 11 is 0. The van der Waals surface area contributed by atoms with Gasteiger partial charge >= 0.3 is 0 Å². The van der Waals surface area contributed by atoms with Crippen molar-refractivity contribution >= 4 is 5.96 Å². The fourth-order valence-corrected chi connectivity index (χ4v) is 2.38. The van der Waals surface area contributed by atoms with Gasteiger partial charge in [-0.3, -0.25) is 0 Å². The van der Waals surface area contributed by atoms with Gasteiger partial charge in [-0.15, -0.1) is 0 Å². The average molecular weight is 375 g/mol. The summed E-state index contributed by atoms with van der Waals surface area (Å²) in [7, 11) is 1.64. The molecule has 1 aromatic carbocycles. The molecule has 0 aliphatic rings. The number of furan rings is 1. The molecule has 1 atom stereocenters. The van der Waals surface area contributed by atoms with E-state index in [9.17, 15) is 5.11 Å². The predicted molar refractivity (Wildman–Crippen MR) is 105 cm³/mol. The Morgan fingerprint density at radius 2 is 2.04 bits per heavy atom. The number of hydrogen-bond acceptors (Lipinski definition) is 5. The molecule has 2 aromatic rings. The van der Waals surface area contributed by atoms with Crippen LogP contribution in [0.15, 0.2) is 52.1 Å². The summed E-state index contributed by atoms with van der Waals surface area (Å²) in [6.07, 6.45) is 1.68. The van der Waals surface area contributed by atoms with Gasteiger partial charge < -0.3 is 29.6 Å². The first-order chi connectivity index (χ1) is 13.2. The first kappa shape index (κ1) is 20.8. The fourth-order valence-electron chi connectivity index (χ4n) is 2.38. The summed E-state index contributed by atoms with van der Waals surface area (Å²) < 4.78 is 15.7. The number of nitrogens with one attached hydrogen (secondary N) is 2. The Labute approximate surface area is 160 Å². The number of methoxy groups -OCH3 is 1. The standard InChI is InChI=1S/C20H29N3O4/c1-3-26-12-5-11-21-20(23-15-18(24)19-6-4-13-27-19)22-14-16-7-9-17(25-2)10-8-16/h4,6-10,13,18,24H,3,5,11-12,14-15H2,1-2H3,(H2,21,22,23). The molecule has 0 bridgehead atoms. The normalized spacial score (nSPS) is 12.6. The number of guanidine groups is 1. The van der Waals surface area contributed by atoms with Crippen LogP contribution in [0.2, 0.25) is 0 Å². The molecule has 0 spiro atoms. The van der Waals surface area contributed by atoms with Gasteiger partial charge in [-0.05, 0) is 43.2 Å². The van der Waals surface area contributed by atoms with Crippen LogP contribution < -0.4 is 15.4 Å². The Bertz CT molecular complexity index is 656. The second kappa shape index (κ2) is 12.0. The number of aliphatic hydroxyl groups is 1. The van der Waals surface area contributed by atoms with Crippen molar-refractivity contribution in [1.29, 1.82) is 0 Å². The lowest BCUT2D eigenvalue weighted by atomic mass is 10.2. The van der Waals surface area contributed by atoms with Gasteiger partial charge in [0.15, 0.2) is 5.96 Å². The van der Waals surface area contributed by atoms with Gasteiger partial charge in [0.05, 0.1) is 26.5 Å². The summed E-state index contributed by atoms with van der Waals surface area (Å²) in [6, 6.07) is 11.3. The predicted octanol–water partition coefficient (Wildman–Crippen LogP) is 2.48. The first-order valence-electron chi connectivity index (χ1n) is 9.17. The van der Waals surface area contributed by atoms with Gasteiger partial charge in [-0.1, -0.05) is 12.1 Å². The molecule has 0 saturated heterocycles. The Kier molecular flexibility index (Phi) is 9.23. The lowest BCUT2D eigenvalue weighted by Gasteiger charge is -2.15. The minimum absolute atomic E-state index is 0.299. The van der Waals surface area contributed by atoms with Gasteiger partial charge in [0, 0.05) is 19.8 Å². The van der Waals surface area contributed by atoms with E-state index in [1.807, 2.05) is 31.2 Å². The molecule has 0 saturated carbocycles. The summed E-state index contributed by atoms with van der Waals surface area (Å²) in [4.78, 5) is 4.59. The van der Waals surface area contributed by atoms with Crippen LogP contribution in [-0.2, 0) is 11.3 Å². The van der Waals surface area contributed by atoms with Crippen molar-refractivity contribution in [2.75, 3.05) is 33.4 Å². The minimum Gasteiger partial charge on any atom is -0.497 e. The molecule has 7 nitrogen and oxygen atoms in total. The second-order valence-electron chi connectivity index (χ2n) is 5.90. The van der Waals surface area contributed by atoms with E-state index in [0.717, 1.165) is 24.3 Å². The van der Waals surface area contributed by atoms with Crippen molar-refractivity contribution in [3.63, 3.8) is 0 Å². The molecule has 3 N–H and O–H groups in total. The molecule has 0 radical (unpaired) electrons. The van der Waals surface area contributed by atoms with E-state index in [-0.39, 0.29) is 0 Å². The molecule has 1 heterocycles. The smallest absolute Gasteiger partial charge is 0.191 e. The third-order valence-corrected chi connectivity index (χ3v) is 3.88. The van der Waals surface area contributed by atoms with Crippen LogP contribution in [0, 0.1) is 0 Å². The van der Waals surface area contributed by atoms with Crippen molar-refractivity contribution in [2.45, 2.75) is 26.0 Å². The summed E-state index contributed by atoms with van der Waals surface area (Å²) in [5.74, 6) is 1.97. The van der Waals surface area contributed by atoms with E-state index in [2.05, 4.69) is 15.6 Å². The van der Waals surface area contributed by atoms with Crippen LogP contribution in [0.3, 0.4) is 0 Å². The minimum atomic E-state index is -0.739. The third kappa shape index (κ3) is 7.72. The van der Waals surface area contributed by atoms with Gasteiger partial charge in [-0.25, -0.2) is 4.99 Å². The van der Waals surface area contributed by atoms with Crippen LogP contribution in [0.1, 0.15) is 30.8 Å². The van der Waals surface area contributed by atoms with E-state index in [1.165, 1.54) is 0 Å². The maximum absolute atomic E-state index is 10.2. The van der Waals surface area contributed by atoms with Crippen LogP contribution >= 0.6 is 0 Å². The molecule has 27 heavy (non-hydrogen) atoms. The molecule has 0 fully saturated rings. The molecule has 0 amide bonds. The number of ether oxygens (including phenoxy) is 2. The van der Waals surface area contributed by atoms with Crippen LogP contribution in [0.4, 0.5) is 0 Å². The highest BCUT2D eigenvalue weighted by atomic mass is 16.5. The Balaban J connectivity index is 1.90. The van der Waals surface area contributed by atoms with E-state index in [1.54, 1.807) is 25.5 Å². The molecule has 0 aliphatic heterocycles. The quantitative estimate of drug-likeness (QED) is 0.318. The molecule has 2 rings (SSSR count). The lowest BCUT2D eigenvalue weighted by Crippen LogP contribution is -2.40. The van der Waals surface area contributed by atoms with E-state index >= 15 is 0 Å². The number of nitrogens with zero attached hydrogens (tertiary/aromatic N) is 1. The number of hydrogen-bond donors (Lipinski definition) is 3. The van der Waals surface area contributed by atoms with E-state index < -0.39 is 6.10 Å². The summed E-state index contributed by atoms with van der Waals surface area (Å²) in [5, 5.41) is 16.6. The highest BCUT2D eigenvalue weighted by molar-refractivity contribution is 5.79. The van der Waals surface area contributed by atoms with Gasteiger partial charge in [-0.2, -0.15) is 0 Å². The molecule has 7 heteroatoms. The topological polar surface area (TPSA) is 88.2 Å². The Morgan fingerprint density at radius 1 is 1.22 bits per heavy atom. The summed E-state index contributed by atoms with van der Waals surface area (Å²) in [6.45, 7) is 4.93. The van der Waals surface area contributed by atoms with Crippen molar-refractivity contribution in [1.82, 2.24) is 10.6 Å². The largest absolute Gasteiger partial charge is 0.497 e. The van der Waals surface area contributed by atoms with E-state index in [4.69, 9.17) is 13.9 Å². The van der Waals surface area contributed by atoms with Gasteiger partial charge in [0.25, 0.3) is 0 Å². The fraction of sp³-hybridized carbons (Fsp3) is 0.450. The molecule has 1 unspecified atom stereocenters. The molecule has 0 aliphatic carbocycles. The average Bonchev–Trinajstić information content (AvgIpc) is 3.24. The first-order valence-corrected chi connectivity index (χ1v) is 9.17. The molecular weight excluding hydrogens is 346 g/mol. The van der Waals surface area contributed by atoms with Crippen LogP contribution in [-0.4, -0.2) is 44.5 Å². The zero-order chi connectivity index (χ0) is 19.3. The Hall–Kier alpha value is -2.51. The number of aliphatic hydroxyl groups excluding tert-OH is 1. The zero-order valence-electron chi connectivity index (χ0n) is 16.0. The van der Waals surface area contributed by atoms with Crippen molar-refractivity contribution < 1.29 is 19.0 Å². The highest BCUT2D eigenvalue weighted by Gasteiger charge is 2.11. The third-order valence-electron chi connectivity index (χ3n) is 3.88. The number of rotatable bonds is 11.